The monoisotopic (exact) mass is 182 g/mol. The van der Waals surface area contributed by atoms with Crippen LogP contribution in [0.1, 0.15) is 34.1 Å². The van der Waals surface area contributed by atoms with Gasteiger partial charge < -0.3 is 0 Å². The molecule has 0 rings (SSSR count). The van der Waals surface area contributed by atoms with E-state index in [9.17, 15) is 4.79 Å². The molecule has 0 aromatic carbocycles. The minimum absolute atomic E-state index is 0.0152. The Hall–Kier alpha value is -0.950. The molecule has 0 aromatic rings. The molecule has 0 N–H and O–H groups in total. The van der Waals surface area contributed by atoms with Crippen molar-refractivity contribution in [3.8, 4) is 0 Å². The van der Waals surface area contributed by atoms with Crippen LogP contribution < -0.4 is 0 Å². The number of aliphatic imine (C=N–C) groups is 2. The molecule has 0 fully saturated rings. The second kappa shape index (κ2) is 4.93. The molecule has 0 bridgehead atoms. The third kappa shape index (κ3) is 5.31. The Balaban J connectivity index is 4.34. The fourth-order valence-electron chi connectivity index (χ4n) is 1.18. The molecule has 0 amide bonds. The Morgan fingerprint density at radius 3 is 2.31 bits per heavy atom. The number of rotatable bonds is 4. The minimum atomic E-state index is -0.116. The van der Waals surface area contributed by atoms with Crippen LogP contribution >= 0.6 is 0 Å². The van der Waals surface area contributed by atoms with Gasteiger partial charge in [-0.1, -0.05) is 20.8 Å². The summed E-state index contributed by atoms with van der Waals surface area (Å²) in [7, 11) is 0. The lowest BCUT2D eigenvalue weighted by atomic mass is 9.86. The second-order valence-electron chi connectivity index (χ2n) is 4.48. The van der Waals surface area contributed by atoms with Gasteiger partial charge in [0, 0.05) is 0 Å². The molecule has 3 heteroatoms. The first kappa shape index (κ1) is 12.0. The number of hydrogen-bond donors (Lipinski definition) is 0. The predicted molar refractivity (Wildman–Crippen MR) is 55.0 cm³/mol. The van der Waals surface area contributed by atoms with Crippen LogP contribution in [-0.4, -0.2) is 24.9 Å². The molecule has 2 unspecified atom stereocenters. The normalized spacial score (nSPS) is 15.7. The van der Waals surface area contributed by atoms with E-state index in [1.165, 1.54) is 0 Å². The van der Waals surface area contributed by atoms with Crippen molar-refractivity contribution in [2.75, 3.05) is 0 Å². The zero-order valence-corrected chi connectivity index (χ0v) is 8.87. The molecule has 0 aliphatic carbocycles. The smallest absolute Gasteiger partial charge is 0.235 e. The lowest BCUT2D eigenvalue weighted by Gasteiger charge is -2.24. The highest BCUT2D eigenvalue weighted by Crippen LogP contribution is 2.24. The molecular formula is C10H18N2O. The number of nitrogens with zero attached hydrogens (tertiary/aromatic N) is 2. The van der Waals surface area contributed by atoms with Gasteiger partial charge in [-0.15, -0.1) is 0 Å². The fraction of sp³-hybridized carbons (Fsp3) is 0.800. The standard InChI is InChI=1S/C10H18N2O/c1-8(12-7-13)9(11-5)6-10(2,3)4/h8-9H,5-6H2,1-4H3. The maximum absolute atomic E-state index is 10.0. The van der Waals surface area contributed by atoms with Gasteiger partial charge in [-0.2, -0.15) is 0 Å². The van der Waals surface area contributed by atoms with E-state index in [4.69, 9.17) is 0 Å². The van der Waals surface area contributed by atoms with E-state index in [0.29, 0.717) is 0 Å². The SMILES string of the molecule is C=NC(CC(C)(C)C)C(C)N=C=O. The summed E-state index contributed by atoms with van der Waals surface area (Å²) in [6.07, 6.45) is 2.43. The average Bonchev–Trinajstić information content (AvgIpc) is 1.99. The summed E-state index contributed by atoms with van der Waals surface area (Å²) >= 11 is 0. The van der Waals surface area contributed by atoms with Gasteiger partial charge in [0.25, 0.3) is 0 Å². The summed E-state index contributed by atoms with van der Waals surface area (Å²) in [6.45, 7) is 11.7. The maximum atomic E-state index is 10.0. The molecular weight excluding hydrogens is 164 g/mol. The van der Waals surface area contributed by atoms with Crippen LogP contribution in [0.5, 0.6) is 0 Å². The van der Waals surface area contributed by atoms with Crippen LogP contribution in [0.2, 0.25) is 0 Å². The van der Waals surface area contributed by atoms with Crippen LogP contribution in [0.3, 0.4) is 0 Å². The fourth-order valence-corrected chi connectivity index (χ4v) is 1.18. The molecule has 0 spiro atoms. The minimum Gasteiger partial charge on any atom is -0.295 e. The van der Waals surface area contributed by atoms with Crippen LogP contribution in [-0.2, 0) is 4.79 Å². The first-order chi connectivity index (χ1) is 5.90. The van der Waals surface area contributed by atoms with E-state index < -0.39 is 0 Å². The van der Waals surface area contributed by atoms with Crippen molar-refractivity contribution in [2.45, 2.75) is 46.2 Å². The lowest BCUT2D eigenvalue weighted by Crippen LogP contribution is -2.25. The Labute approximate surface area is 80.0 Å². The highest BCUT2D eigenvalue weighted by atomic mass is 16.1. The van der Waals surface area contributed by atoms with E-state index in [-0.39, 0.29) is 17.5 Å². The predicted octanol–water partition coefficient (Wildman–Crippen LogP) is 2.22. The van der Waals surface area contributed by atoms with Crippen LogP contribution in [0.15, 0.2) is 9.98 Å². The highest BCUT2D eigenvalue weighted by Gasteiger charge is 2.21. The third-order valence-corrected chi connectivity index (χ3v) is 1.87. The molecule has 0 heterocycles. The molecule has 0 aliphatic rings. The number of hydrogen-bond acceptors (Lipinski definition) is 3. The zero-order chi connectivity index (χ0) is 10.5. The van der Waals surface area contributed by atoms with Crippen molar-refractivity contribution in [3.63, 3.8) is 0 Å². The zero-order valence-electron chi connectivity index (χ0n) is 8.87. The number of isocyanates is 1. The quantitative estimate of drug-likeness (QED) is 0.485. The van der Waals surface area contributed by atoms with Gasteiger partial charge >= 0.3 is 0 Å². The van der Waals surface area contributed by atoms with Crippen molar-refractivity contribution in [3.05, 3.63) is 0 Å². The number of carbonyl (C=O) groups excluding carboxylic acids is 1. The van der Waals surface area contributed by atoms with Gasteiger partial charge in [0.15, 0.2) is 0 Å². The summed E-state index contributed by atoms with van der Waals surface area (Å²) in [5.41, 5.74) is 0.179. The summed E-state index contributed by atoms with van der Waals surface area (Å²) in [4.78, 5) is 17.7. The molecule has 0 aliphatic heterocycles. The molecule has 0 saturated carbocycles. The van der Waals surface area contributed by atoms with Crippen molar-refractivity contribution >= 4 is 12.8 Å². The molecule has 2 atom stereocenters. The molecule has 3 nitrogen and oxygen atoms in total. The van der Waals surface area contributed by atoms with Crippen LogP contribution in [0, 0.1) is 5.41 Å². The Morgan fingerprint density at radius 2 is 2.00 bits per heavy atom. The summed E-state index contributed by atoms with van der Waals surface area (Å²) in [5, 5.41) is 0. The van der Waals surface area contributed by atoms with Crippen molar-refractivity contribution in [1.82, 2.24) is 0 Å². The summed E-state index contributed by atoms with van der Waals surface area (Å²) in [5.74, 6) is 0. The lowest BCUT2D eigenvalue weighted by molar-refractivity contribution is 0.323. The Bertz CT molecular complexity index is 211. The summed E-state index contributed by atoms with van der Waals surface area (Å²) < 4.78 is 0. The van der Waals surface area contributed by atoms with Gasteiger partial charge in [0.1, 0.15) is 0 Å². The van der Waals surface area contributed by atoms with Crippen molar-refractivity contribution in [1.29, 1.82) is 0 Å². The molecule has 0 saturated heterocycles. The molecule has 13 heavy (non-hydrogen) atoms. The van der Waals surface area contributed by atoms with E-state index >= 15 is 0 Å². The van der Waals surface area contributed by atoms with Gasteiger partial charge in [-0.3, -0.25) is 4.99 Å². The van der Waals surface area contributed by atoms with Gasteiger partial charge in [-0.25, -0.2) is 9.79 Å². The molecule has 74 valence electrons. The van der Waals surface area contributed by atoms with E-state index in [1.54, 1.807) is 6.08 Å². The third-order valence-electron chi connectivity index (χ3n) is 1.87. The Morgan fingerprint density at radius 1 is 1.46 bits per heavy atom. The Kier molecular flexibility index (Phi) is 4.57. The summed E-state index contributed by atoms with van der Waals surface area (Å²) in [6, 6.07) is -0.101. The van der Waals surface area contributed by atoms with Crippen LogP contribution in [0.25, 0.3) is 0 Å². The highest BCUT2D eigenvalue weighted by molar-refractivity contribution is 5.34. The topological polar surface area (TPSA) is 41.8 Å². The van der Waals surface area contributed by atoms with Gasteiger partial charge in [-0.05, 0) is 25.5 Å². The maximum Gasteiger partial charge on any atom is 0.235 e. The van der Waals surface area contributed by atoms with Gasteiger partial charge in [0.05, 0.1) is 12.1 Å². The largest absolute Gasteiger partial charge is 0.295 e. The first-order valence-corrected chi connectivity index (χ1v) is 4.43. The molecule has 0 aromatic heterocycles. The van der Waals surface area contributed by atoms with Crippen molar-refractivity contribution < 1.29 is 4.79 Å². The van der Waals surface area contributed by atoms with Crippen LogP contribution in [0.4, 0.5) is 0 Å². The first-order valence-electron chi connectivity index (χ1n) is 4.43. The van der Waals surface area contributed by atoms with E-state index in [1.807, 2.05) is 6.92 Å². The average molecular weight is 182 g/mol. The van der Waals surface area contributed by atoms with E-state index in [2.05, 4.69) is 37.5 Å². The van der Waals surface area contributed by atoms with E-state index in [0.717, 1.165) is 6.42 Å². The van der Waals surface area contributed by atoms with Gasteiger partial charge in [0.2, 0.25) is 6.08 Å². The molecule has 0 radical (unpaired) electrons. The second-order valence-corrected chi connectivity index (χ2v) is 4.48. The van der Waals surface area contributed by atoms with Crippen molar-refractivity contribution in [2.24, 2.45) is 15.4 Å².